The van der Waals surface area contributed by atoms with Crippen LogP contribution in [0.5, 0.6) is 5.75 Å². The number of carbonyl (C=O) groups excluding carboxylic acids is 1. The molecule has 1 heterocycles. The van der Waals surface area contributed by atoms with Gasteiger partial charge in [0.05, 0.1) is 17.7 Å². The number of rotatable bonds is 8. The van der Waals surface area contributed by atoms with Gasteiger partial charge in [-0.2, -0.15) is 0 Å². The minimum atomic E-state index is -1.17. The van der Waals surface area contributed by atoms with Crippen molar-refractivity contribution in [2.24, 2.45) is 0 Å². The fraction of sp³-hybridized carbons (Fsp3) is 0.318. The summed E-state index contributed by atoms with van der Waals surface area (Å²) in [5.41, 5.74) is 0.170. The van der Waals surface area contributed by atoms with Crippen LogP contribution in [0.15, 0.2) is 48.2 Å². The van der Waals surface area contributed by atoms with E-state index < -0.39 is 11.4 Å². The summed E-state index contributed by atoms with van der Waals surface area (Å²) >= 11 is 12.3. The molecule has 1 aliphatic rings. The van der Waals surface area contributed by atoms with E-state index in [0.717, 1.165) is 10.6 Å². The van der Waals surface area contributed by atoms with Crippen LogP contribution in [0.1, 0.15) is 25.0 Å². The minimum Gasteiger partial charge on any atom is -0.509 e. The first-order chi connectivity index (χ1) is 14.3. The van der Waals surface area contributed by atoms with Gasteiger partial charge in [-0.05, 0) is 43.7 Å². The van der Waals surface area contributed by atoms with Gasteiger partial charge in [-0.15, -0.1) is 0 Å². The lowest BCUT2D eigenvalue weighted by Crippen LogP contribution is -2.48. The Kier molecular flexibility index (Phi) is 6.93. The third-order valence-electron chi connectivity index (χ3n) is 4.97. The molecule has 0 aromatic heterocycles. The van der Waals surface area contributed by atoms with Crippen molar-refractivity contribution < 1.29 is 24.2 Å². The van der Waals surface area contributed by atoms with E-state index in [1.165, 1.54) is 6.07 Å². The number of amides is 1. The zero-order chi connectivity index (χ0) is 21.9. The lowest BCUT2D eigenvalue weighted by atomic mass is 9.90. The van der Waals surface area contributed by atoms with Crippen LogP contribution in [-0.2, 0) is 20.8 Å². The van der Waals surface area contributed by atoms with Gasteiger partial charge in [0.2, 0.25) is 0 Å². The highest BCUT2D eigenvalue weighted by atomic mass is 35.5. The predicted octanol–water partition coefficient (Wildman–Crippen LogP) is 5.04. The Morgan fingerprint density at radius 3 is 2.43 bits per heavy atom. The van der Waals surface area contributed by atoms with Gasteiger partial charge in [-0.3, -0.25) is 4.79 Å². The largest absolute Gasteiger partial charge is 0.509 e. The summed E-state index contributed by atoms with van der Waals surface area (Å²) in [7, 11) is 1.59. The summed E-state index contributed by atoms with van der Waals surface area (Å²) in [5, 5.41) is 13.0. The minimum absolute atomic E-state index is 0.0733. The summed E-state index contributed by atoms with van der Waals surface area (Å²) in [6.45, 7) is 3.84. The van der Waals surface area contributed by atoms with Gasteiger partial charge in [0.25, 0.3) is 5.91 Å². The molecule has 1 atom stereocenters. The number of halogens is 2. The molecule has 0 aliphatic carbocycles. The molecule has 0 spiro atoms. The van der Waals surface area contributed by atoms with Crippen molar-refractivity contribution in [3.63, 3.8) is 0 Å². The molecule has 0 saturated heterocycles. The average Bonchev–Trinajstić information content (AvgIpc) is 2.89. The van der Waals surface area contributed by atoms with Crippen molar-refractivity contribution in [1.29, 1.82) is 0 Å². The van der Waals surface area contributed by atoms with E-state index in [0.29, 0.717) is 29.4 Å². The van der Waals surface area contributed by atoms with Gasteiger partial charge in [-0.1, -0.05) is 41.4 Å². The molecule has 1 amide bonds. The van der Waals surface area contributed by atoms with E-state index in [1.807, 2.05) is 31.2 Å². The number of nitrogens with zero attached hydrogens (tertiary/aromatic N) is 1. The second kappa shape index (κ2) is 9.27. The molecule has 1 N–H and O–H groups in total. The molecular weight excluding hydrogens is 429 g/mol. The number of ether oxygens (including phenoxy) is 2. The van der Waals surface area contributed by atoms with Crippen LogP contribution in [0.25, 0.3) is 5.57 Å². The summed E-state index contributed by atoms with van der Waals surface area (Å²) in [5.74, 6) is 0.0701. The first-order valence-corrected chi connectivity index (χ1v) is 10.1. The van der Waals surface area contributed by atoms with Crippen molar-refractivity contribution in [1.82, 2.24) is 5.06 Å². The summed E-state index contributed by atoms with van der Waals surface area (Å²) in [4.78, 5) is 18.9. The Bertz CT molecular complexity index is 961. The molecule has 0 bridgehead atoms. The highest BCUT2D eigenvalue weighted by Gasteiger charge is 2.51. The number of benzene rings is 2. The Morgan fingerprint density at radius 2 is 1.83 bits per heavy atom. The Balaban J connectivity index is 2.03. The Morgan fingerprint density at radius 1 is 1.13 bits per heavy atom. The van der Waals surface area contributed by atoms with E-state index in [-0.39, 0.29) is 23.1 Å². The molecule has 0 saturated carbocycles. The lowest BCUT2D eigenvalue weighted by Gasteiger charge is -2.34. The fourth-order valence-electron chi connectivity index (χ4n) is 3.40. The van der Waals surface area contributed by atoms with Crippen molar-refractivity contribution in [3.05, 3.63) is 69.4 Å². The average molecular weight is 452 g/mol. The molecule has 2 aromatic carbocycles. The van der Waals surface area contributed by atoms with Crippen LogP contribution in [0.3, 0.4) is 0 Å². The predicted molar refractivity (Wildman–Crippen MR) is 116 cm³/mol. The first-order valence-electron chi connectivity index (χ1n) is 9.39. The maximum atomic E-state index is 13.3. The quantitative estimate of drug-likeness (QED) is 0.449. The first kappa shape index (κ1) is 22.4. The van der Waals surface area contributed by atoms with E-state index in [9.17, 15) is 9.90 Å². The molecule has 1 unspecified atom stereocenters. The lowest BCUT2D eigenvalue weighted by molar-refractivity contribution is -0.245. The zero-order valence-corrected chi connectivity index (χ0v) is 18.5. The molecule has 2 aromatic rings. The molecule has 0 radical (unpaired) electrons. The van der Waals surface area contributed by atoms with Crippen molar-refractivity contribution in [2.75, 3.05) is 20.5 Å². The molecule has 8 heteroatoms. The van der Waals surface area contributed by atoms with Crippen LogP contribution >= 0.6 is 23.2 Å². The molecule has 6 nitrogen and oxygen atoms in total. The summed E-state index contributed by atoms with van der Waals surface area (Å²) < 4.78 is 10.5. The number of methoxy groups -OCH3 is 1. The van der Waals surface area contributed by atoms with Crippen LogP contribution in [0, 0.1) is 0 Å². The fourth-order valence-corrected chi connectivity index (χ4v) is 3.90. The van der Waals surface area contributed by atoms with Gasteiger partial charge in [0, 0.05) is 23.6 Å². The molecule has 30 heavy (non-hydrogen) atoms. The number of hydrogen-bond donors (Lipinski definition) is 1. The van der Waals surface area contributed by atoms with Crippen LogP contribution in [-0.4, -0.2) is 42.1 Å². The number of aliphatic hydroxyl groups is 1. The van der Waals surface area contributed by atoms with Crippen molar-refractivity contribution in [3.8, 4) is 5.75 Å². The number of carbonyl (C=O) groups is 1. The van der Waals surface area contributed by atoms with Gasteiger partial charge in [0.1, 0.15) is 17.0 Å². The van der Waals surface area contributed by atoms with E-state index in [4.69, 9.17) is 37.5 Å². The second-order valence-electron chi connectivity index (χ2n) is 6.99. The Labute approximate surface area is 185 Å². The highest BCUT2D eigenvalue weighted by Crippen LogP contribution is 2.43. The van der Waals surface area contributed by atoms with E-state index in [2.05, 4.69) is 0 Å². The monoisotopic (exact) mass is 451 g/mol. The number of hydrogen-bond acceptors (Lipinski definition) is 5. The number of hydroxylamine groups is 2. The second-order valence-corrected chi connectivity index (χ2v) is 7.83. The molecule has 160 valence electrons. The van der Waals surface area contributed by atoms with Gasteiger partial charge in [-0.25, -0.2) is 9.90 Å². The molecule has 3 rings (SSSR count). The maximum Gasteiger partial charge on any atom is 0.282 e. The summed E-state index contributed by atoms with van der Waals surface area (Å²) in [6, 6.07) is 12.1. The number of aliphatic hydroxyl groups excluding tert-OH is 1. The van der Waals surface area contributed by atoms with Gasteiger partial charge >= 0.3 is 0 Å². The molecule has 0 fully saturated rings. The zero-order valence-electron chi connectivity index (χ0n) is 16.9. The van der Waals surface area contributed by atoms with Crippen LogP contribution in [0.4, 0.5) is 0 Å². The van der Waals surface area contributed by atoms with Gasteiger partial charge in [0.15, 0.2) is 6.79 Å². The SMILES string of the molecule is CCOCON1C(=O)C(c2ccc(Cl)cc2Cl)=C(O)C1(C)Cc1ccc(OC)cc1. The van der Waals surface area contributed by atoms with Crippen LogP contribution < -0.4 is 4.74 Å². The normalized spacial score (nSPS) is 19.0. The maximum absolute atomic E-state index is 13.3. The topological polar surface area (TPSA) is 68.2 Å². The molecular formula is C22H23Cl2NO5. The van der Waals surface area contributed by atoms with Crippen molar-refractivity contribution in [2.45, 2.75) is 25.8 Å². The molecule has 1 aliphatic heterocycles. The third-order valence-corrected chi connectivity index (χ3v) is 5.52. The van der Waals surface area contributed by atoms with Gasteiger partial charge < -0.3 is 14.6 Å². The van der Waals surface area contributed by atoms with E-state index >= 15 is 0 Å². The smallest absolute Gasteiger partial charge is 0.282 e. The van der Waals surface area contributed by atoms with Crippen LogP contribution in [0.2, 0.25) is 10.0 Å². The Hall–Kier alpha value is -2.25. The summed E-state index contributed by atoms with van der Waals surface area (Å²) in [6.07, 6.45) is 0.301. The van der Waals surface area contributed by atoms with Crippen molar-refractivity contribution >= 4 is 34.7 Å². The van der Waals surface area contributed by atoms with E-state index in [1.54, 1.807) is 26.2 Å². The third kappa shape index (κ3) is 4.27. The standard InChI is InChI=1S/C22H23Cl2NO5/c1-4-29-13-30-25-21(27)19(17-10-7-15(23)11-18(17)24)20(26)22(25,2)12-14-5-8-16(28-3)9-6-14/h5-11,26H,4,12-13H2,1-3H3. The highest BCUT2D eigenvalue weighted by molar-refractivity contribution is 6.37.